The average molecular weight is 371 g/mol. The number of pyridine rings is 1. The van der Waals surface area contributed by atoms with Gasteiger partial charge in [0.05, 0.1) is 18.0 Å². The molecule has 0 bridgehead atoms. The largest absolute Gasteiger partial charge is 0.433 e. The van der Waals surface area contributed by atoms with Crippen LogP contribution in [-0.2, 0) is 15.7 Å². The minimum atomic E-state index is -4.43. The van der Waals surface area contributed by atoms with Crippen molar-refractivity contribution in [2.75, 3.05) is 37.7 Å². The van der Waals surface area contributed by atoms with Crippen molar-refractivity contribution < 1.29 is 22.7 Å². The van der Waals surface area contributed by atoms with E-state index in [0.29, 0.717) is 31.9 Å². The summed E-state index contributed by atoms with van der Waals surface area (Å²) in [7, 11) is 0. The maximum absolute atomic E-state index is 12.6. The van der Waals surface area contributed by atoms with E-state index in [1.807, 2.05) is 4.90 Å². The molecular weight excluding hydrogens is 347 g/mol. The Morgan fingerprint density at radius 3 is 2.38 bits per heavy atom. The standard InChI is InChI=1S/C18H24F3N3O2/c19-18(20,21)16-7-6-14(12-22-16)23-8-10-24(11-9-23)17(25)13-26-15-4-2-1-3-5-15/h6-7,12,15H,1-5,8-11,13H2. The van der Waals surface area contributed by atoms with E-state index in [1.165, 1.54) is 31.5 Å². The normalized spacial score (nSPS) is 19.7. The molecule has 26 heavy (non-hydrogen) atoms. The second kappa shape index (κ2) is 8.24. The molecule has 2 heterocycles. The van der Waals surface area contributed by atoms with Crippen molar-refractivity contribution in [1.82, 2.24) is 9.88 Å². The van der Waals surface area contributed by atoms with Gasteiger partial charge in [0.2, 0.25) is 5.91 Å². The lowest BCUT2D eigenvalue weighted by atomic mass is 9.98. The first-order valence-electron chi connectivity index (χ1n) is 9.11. The van der Waals surface area contributed by atoms with Crippen molar-refractivity contribution in [3.05, 3.63) is 24.0 Å². The fourth-order valence-electron chi connectivity index (χ4n) is 3.47. The van der Waals surface area contributed by atoms with Crippen LogP contribution in [0.15, 0.2) is 18.3 Å². The highest BCUT2D eigenvalue weighted by molar-refractivity contribution is 5.77. The number of carbonyl (C=O) groups excluding carboxylic acids is 1. The van der Waals surface area contributed by atoms with E-state index in [-0.39, 0.29) is 18.6 Å². The highest BCUT2D eigenvalue weighted by Gasteiger charge is 2.32. The number of nitrogens with zero attached hydrogens (tertiary/aromatic N) is 3. The van der Waals surface area contributed by atoms with Crippen LogP contribution in [0.3, 0.4) is 0 Å². The van der Waals surface area contributed by atoms with Crippen LogP contribution in [0.4, 0.5) is 18.9 Å². The molecule has 0 atom stereocenters. The predicted octanol–water partition coefficient (Wildman–Crippen LogP) is 3.10. The number of alkyl halides is 3. The maximum Gasteiger partial charge on any atom is 0.433 e. The van der Waals surface area contributed by atoms with Gasteiger partial charge in [-0.2, -0.15) is 13.2 Å². The molecule has 8 heteroatoms. The van der Waals surface area contributed by atoms with Crippen molar-refractivity contribution >= 4 is 11.6 Å². The van der Waals surface area contributed by atoms with Crippen molar-refractivity contribution in [3.8, 4) is 0 Å². The number of amides is 1. The zero-order valence-electron chi connectivity index (χ0n) is 14.7. The molecule has 2 aliphatic rings. The molecule has 1 saturated carbocycles. The van der Waals surface area contributed by atoms with E-state index < -0.39 is 11.9 Å². The van der Waals surface area contributed by atoms with Crippen molar-refractivity contribution in [2.45, 2.75) is 44.4 Å². The molecule has 0 N–H and O–H groups in total. The summed E-state index contributed by atoms with van der Waals surface area (Å²) in [4.78, 5) is 19.5. The first-order chi connectivity index (χ1) is 12.4. The molecule has 3 rings (SSSR count). The summed E-state index contributed by atoms with van der Waals surface area (Å²) in [6.45, 7) is 2.33. The lowest BCUT2D eigenvalue weighted by molar-refractivity contribution is -0.141. The van der Waals surface area contributed by atoms with Gasteiger partial charge in [0, 0.05) is 26.2 Å². The van der Waals surface area contributed by atoms with Gasteiger partial charge in [-0.15, -0.1) is 0 Å². The summed E-state index contributed by atoms with van der Waals surface area (Å²) in [5, 5.41) is 0. The molecule has 1 aliphatic carbocycles. The highest BCUT2D eigenvalue weighted by Crippen LogP contribution is 2.28. The Kier molecular flexibility index (Phi) is 6.01. The quantitative estimate of drug-likeness (QED) is 0.816. The lowest BCUT2D eigenvalue weighted by Crippen LogP contribution is -2.50. The Balaban J connectivity index is 1.45. The van der Waals surface area contributed by atoms with Crippen LogP contribution >= 0.6 is 0 Å². The lowest BCUT2D eigenvalue weighted by Gasteiger charge is -2.36. The zero-order chi connectivity index (χ0) is 18.6. The van der Waals surface area contributed by atoms with Crippen LogP contribution in [-0.4, -0.2) is 54.7 Å². The summed E-state index contributed by atoms with van der Waals surface area (Å²) < 4.78 is 43.5. The number of hydrogen-bond acceptors (Lipinski definition) is 4. The third kappa shape index (κ3) is 4.87. The molecule has 1 aliphatic heterocycles. The Morgan fingerprint density at radius 1 is 1.12 bits per heavy atom. The molecule has 2 fully saturated rings. The summed E-state index contributed by atoms with van der Waals surface area (Å²) >= 11 is 0. The van der Waals surface area contributed by atoms with Gasteiger partial charge in [0.25, 0.3) is 0 Å². The third-order valence-corrected chi connectivity index (χ3v) is 5.03. The third-order valence-electron chi connectivity index (χ3n) is 5.03. The van der Waals surface area contributed by atoms with E-state index in [1.54, 1.807) is 4.90 Å². The maximum atomic E-state index is 12.6. The average Bonchev–Trinajstić information content (AvgIpc) is 2.66. The number of halogens is 3. The molecule has 0 spiro atoms. The second-order valence-corrected chi connectivity index (χ2v) is 6.84. The van der Waals surface area contributed by atoms with E-state index in [9.17, 15) is 18.0 Å². The van der Waals surface area contributed by atoms with Gasteiger partial charge in [-0.3, -0.25) is 4.79 Å². The SMILES string of the molecule is O=C(COC1CCCCC1)N1CCN(c2ccc(C(F)(F)F)nc2)CC1. The summed E-state index contributed by atoms with van der Waals surface area (Å²) in [5.41, 5.74) is -0.251. The van der Waals surface area contributed by atoms with Crippen LogP contribution in [0.1, 0.15) is 37.8 Å². The van der Waals surface area contributed by atoms with Gasteiger partial charge in [-0.05, 0) is 25.0 Å². The highest BCUT2D eigenvalue weighted by atomic mass is 19.4. The fourth-order valence-corrected chi connectivity index (χ4v) is 3.47. The van der Waals surface area contributed by atoms with Gasteiger partial charge in [-0.25, -0.2) is 4.98 Å². The van der Waals surface area contributed by atoms with E-state index in [2.05, 4.69) is 4.98 Å². The second-order valence-electron chi connectivity index (χ2n) is 6.84. The van der Waals surface area contributed by atoms with Crippen LogP contribution in [0, 0.1) is 0 Å². The van der Waals surface area contributed by atoms with Crippen LogP contribution in [0.2, 0.25) is 0 Å². The van der Waals surface area contributed by atoms with Crippen LogP contribution in [0.25, 0.3) is 0 Å². The molecule has 0 aromatic carbocycles. The van der Waals surface area contributed by atoms with E-state index in [4.69, 9.17) is 4.74 Å². The number of ether oxygens (including phenoxy) is 1. The molecule has 0 unspecified atom stereocenters. The first kappa shape index (κ1) is 18.9. The van der Waals surface area contributed by atoms with Gasteiger partial charge in [-0.1, -0.05) is 19.3 Å². The van der Waals surface area contributed by atoms with Gasteiger partial charge in [0.15, 0.2) is 0 Å². The number of aromatic nitrogens is 1. The molecule has 1 amide bonds. The van der Waals surface area contributed by atoms with Gasteiger partial charge >= 0.3 is 6.18 Å². The molecule has 0 radical (unpaired) electrons. The molecule has 1 saturated heterocycles. The number of piperazine rings is 1. The number of rotatable bonds is 4. The number of anilines is 1. The van der Waals surface area contributed by atoms with E-state index >= 15 is 0 Å². The minimum absolute atomic E-state index is 0.0132. The first-order valence-corrected chi connectivity index (χ1v) is 9.11. The molecular formula is C18H24F3N3O2. The Hall–Kier alpha value is -1.83. The topological polar surface area (TPSA) is 45.7 Å². The number of carbonyl (C=O) groups is 1. The fraction of sp³-hybridized carbons (Fsp3) is 0.667. The van der Waals surface area contributed by atoms with Crippen LogP contribution in [0.5, 0.6) is 0 Å². The van der Waals surface area contributed by atoms with E-state index in [0.717, 1.165) is 18.9 Å². The van der Waals surface area contributed by atoms with Crippen LogP contribution < -0.4 is 4.90 Å². The summed E-state index contributed by atoms with van der Waals surface area (Å²) in [6, 6.07) is 2.42. The van der Waals surface area contributed by atoms with Gasteiger partial charge in [0.1, 0.15) is 12.3 Å². The molecule has 5 nitrogen and oxygen atoms in total. The number of hydrogen-bond donors (Lipinski definition) is 0. The Morgan fingerprint density at radius 2 is 1.81 bits per heavy atom. The predicted molar refractivity (Wildman–Crippen MR) is 90.9 cm³/mol. The smallest absolute Gasteiger partial charge is 0.368 e. The Bertz CT molecular complexity index is 593. The van der Waals surface area contributed by atoms with Gasteiger partial charge < -0.3 is 14.5 Å². The summed E-state index contributed by atoms with van der Waals surface area (Å²) in [5.74, 6) is -0.0132. The Labute approximate surface area is 151 Å². The monoisotopic (exact) mass is 371 g/mol. The van der Waals surface area contributed by atoms with Crippen molar-refractivity contribution in [1.29, 1.82) is 0 Å². The zero-order valence-corrected chi connectivity index (χ0v) is 14.7. The molecule has 144 valence electrons. The van der Waals surface area contributed by atoms with Crippen molar-refractivity contribution in [3.63, 3.8) is 0 Å². The van der Waals surface area contributed by atoms with Crippen molar-refractivity contribution in [2.24, 2.45) is 0 Å². The summed E-state index contributed by atoms with van der Waals surface area (Å²) in [6.07, 6.45) is 2.65. The minimum Gasteiger partial charge on any atom is -0.368 e. The molecule has 1 aromatic rings. The molecule has 1 aromatic heterocycles.